The van der Waals surface area contributed by atoms with Gasteiger partial charge in [0.1, 0.15) is 0 Å². The van der Waals surface area contributed by atoms with E-state index in [4.69, 9.17) is 5.11 Å². The molecule has 2 aromatic heterocycles. The largest absolute Gasteiger partial charge is 0.476 e. The van der Waals surface area contributed by atoms with Gasteiger partial charge in [0.2, 0.25) is 0 Å². The van der Waals surface area contributed by atoms with Crippen molar-refractivity contribution in [3.63, 3.8) is 0 Å². The van der Waals surface area contributed by atoms with Crippen LogP contribution in [0.25, 0.3) is 0 Å². The molecule has 1 N–H and O–H groups in total. The fourth-order valence-electron chi connectivity index (χ4n) is 1.95. The first kappa shape index (κ1) is 13.2. The number of carbonyl (C=O) groups is 1. The lowest BCUT2D eigenvalue weighted by atomic mass is 10.2. The third-order valence-electron chi connectivity index (χ3n) is 2.78. The number of nitrogens with zero attached hydrogens (tertiary/aromatic N) is 4. The number of aromatic carboxylic acids is 1. The molecule has 0 amide bonds. The zero-order valence-electron chi connectivity index (χ0n) is 11.0. The van der Waals surface area contributed by atoms with Crippen LogP contribution in [-0.2, 0) is 13.0 Å². The Kier molecular flexibility index (Phi) is 3.89. The van der Waals surface area contributed by atoms with Crippen LogP contribution in [0.3, 0.4) is 0 Å². The number of carboxylic acid groups (broad SMARTS) is 1. The summed E-state index contributed by atoms with van der Waals surface area (Å²) in [4.78, 5) is 15.5. The highest BCUT2D eigenvalue weighted by molar-refractivity contribution is 5.86. The van der Waals surface area contributed by atoms with Gasteiger partial charge in [0.05, 0.1) is 17.9 Å². The van der Waals surface area contributed by atoms with E-state index in [1.807, 2.05) is 32.0 Å². The van der Waals surface area contributed by atoms with Crippen LogP contribution in [0.4, 0.5) is 0 Å². The molecule has 100 valence electrons. The maximum atomic E-state index is 11.1. The second-order valence-electron chi connectivity index (χ2n) is 4.37. The highest BCUT2D eigenvalue weighted by atomic mass is 16.4. The summed E-state index contributed by atoms with van der Waals surface area (Å²) in [6, 6.07) is 5.73. The zero-order chi connectivity index (χ0) is 13.8. The minimum absolute atomic E-state index is 0.0366. The molecule has 0 aliphatic heterocycles. The van der Waals surface area contributed by atoms with Crippen LogP contribution in [0.15, 0.2) is 18.2 Å². The van der Waals surface area contributed by atoms with Crippen LogP contribution in [0.2, 0.25) is 0 Å². The first-order valence-electron chi connectivity index (χ1n) is 6.20. The number of carboxylic acids is 1. The summed E-state index contributed by atoms with van der Waals surface area (Å²) in [5.41, 5.74) is 2.46. The van der Waals surface area contributed by atoms with E-state index in [0.717, 1.165) is 17.8 Å². The molecule has 0 saturated heterocycles. The monoisotopic (exact) mass is 260 g/mol. The Morgan fingerprint density at radius 1 is 1.42 bits per heavy atom. The van der Waals surface area contributed by atoms with Crippen LogP contribution in [0, 0.1) is 6.92 Å². The van der Waals surface area contributed by atoms with Crippen molar-refractivity contribution in [1.29, 1.82) is 0 Å². The number of hydrogen-bond donors (Lipinski definition) is 1. The Morgan fingerprint density at radius 2 is 2.21 bits per heavy atom. The van der Waals surface area contributed by atoms with Crippen LogP contribution >= 0.6 is 0 Å². The van der Waals surface area contributed by atoms with Crippen LogP contribution in [-0.4, -0.2) is 31.1 Å². The lowest BCUT2D eigenvalue weighted by Crippen LogP contribution is -2.10. The SMILES string of the molecule is CCCc1c(C(=O)O)nnn1Cc1cccc(C)n1. The van der Waals surface area contributed by atoms with Gasteiger partial charge in [0, 0.05) is 5.69 Å². The minimum atomic E-state index is -1.04. The Morgan fingerprint density at radius 3 is 2.84 bits per heavy atom. The number of aromatic nitrogens is 4. The van der Waals surface area contributed by atoms with Gasteiger partial charge in [-0.05, 0) is 25.5 Å². The maximum Gasteiger partial charge on any atom is 0.358 e. The molecule has 0 aliphatic carbocycles. The summed E-state index contributed by atoms with van der Waals surface area (Å²) in [6.07, 6.45) is 1.48. The van der Waals surface area contributed by atoms with Crippen molar-refractivity contribution in [2.75, 3.05) is 0 Å². The van der Waals surface area contributed by atoms with Gasteiger partial charge in [-0.15, -0.1) is 5.10 Å². The lowest BCUT2D eigenvalue weighted by Gasteiger charge is -2.06. The molecule has 19 heavy (non-hydrogen) atoms. The predicted molar refractivity (Wildman–Crippen MR) is 69.1 cm³/mol. The maximum absolute atomic E-state index is 11.1. The Bertz CT molecular complexity index is 592. The molecule has 0 atom stereocenters. The second kappa shape index (κ2) is 5.60. The molecule has 0 unspecified atom stereocenters. The van der Waals surface area contributed by atoms with Gasteiger partial charge in [0.15, 0.2) is 5.69 Å². The average Bonchev–Trinajstić information content (AvgIpc) is 2.73. The first-order valence-corrected chi connectivity index (χ1v) is 6.20. The van der Waals surface area contributed by atoms with Crippen molar-refractivity contribution >= 4 is 5.97 Å². The predicted octanol–water partition coefficient (Wildman–Crippen LogP) is 1.68. The highest BCUT2D eigenvalue weighted by Crippen LogP contribution is 2.11. The molecule has 2 aromatic rings. The summed E-state index contributed by atoms with van der Waals surface area (Å²) in [6.45, 7) is 4.35. The van der Waals surface area contributed by atoms with E-state index in [0.29, 0.717) is 18.7 Å². The fraction of sp³-hybridized carbons (Fsp3) is 0.385. The Labute approximate surface area is 111 Å². The van der Waals surface area contributed by atoms with Crippen molar-refractivity contribution in [3.05, 3.63) is 41.0 Å². The number of rotatable bonds is 5. The average molecular weight is 260 g/mol. The number of hydrogen-bond acceptors (Lipinski definition) is 4. The standard InChI is InChI=1S/C13H16N4O2/c1-3-5-11-12(13(18)19)15-16-17(11)8-10-7-4-6-9(2)14-10/h4,6-7H,3,5,8H2,1-2H3,(H,18,19). The van der Waals surface area contributed by atoms with Gasteiger partial charge in [-0.3, -0.25) is 4.98 Å². The smallest absolute Gasteiger partial charge is 0.358 e. The van der Waals surface area contributed by atoms with Gasteiger partial charge in [-0.1, -0.05) is 24.6 Å². The normalized spacial score (nSPS) is 10.6. The number of aryl methyl sites for hydroxylation is 1. The third kappa shape index (κ3) is 2.96. The van der Waals surface area contributed by atoms with Gasteiger partial charge in [-0.2, -0.15) is 0 Å². The molecular formula is C13H16N4O2. The van der Waals surface area contributed by atoms with Crippen molar-refractivity contribution < 1.29 is 9.90 Å². The topological polar surface area (TPSA) is 80.9 Å². The molecule has 0 bridgehead atoms. The molecule has 6 heteroatoms. The van der Waals surface area contributed by atoms with E-state index in [1.54, 1.807) is 4.68 Å². The summed E-state index contributed by atoms with van der Waals surface area (Å²) >= 11 is 0. The van der Waals surface area contributed by atoms with Gasteiger partial charge >= 0.3 is 5.97 Å². The Balaban J connectivity index is 2.32. The molecule has 6 nitrogen and oxygen atoms in total. The zero-order valence-corrected chi connectivity index (χ0v) is 11.0. The van der Waals surface area contributed by atoms with E-state index in [-0.39, 0.29) is 5.69 Å². The molecule has 0 aromatic carbocycles. The van der Waals surface area contributed by atoms with Crippen LogP contribution in [0.1, 0.15) is 40.9 Å². The van der Waals surface area contributed by atoms with E-state index < -0.39 is 5.97 Å². The first-order chi connectivity index (χ1) is 9.11. The van der Waals surface area contributed by atoms with Crippen molar-refractivity contribution in [1.82, 2.24) is 20.0 Å². The fourth-order valence-corrected chi connectivity index (χ4v) is 1.95. The molecule has 0 saturated carbocycles. The lowest BCUT2D eigenvalue weighted by molar-refractivity contribution is 0.0689. The molecule has 0 spiro atoms. The van der Waals surface area contributed by atoms with Crippen molar-refractivity contribution in [3.8, 4) is 0 Å². The van der Waals surface area contributed by atoms with Gasteiger partial charge in [0.25, 0.3) is 0 Å². The van der Waals surface area contributed by atoms with E-state index in [2.05, 4.69) is 15.3 Å². The van der Waals surface area contributed by atoms with E-state index in [1.165, 1.54) is 0 Å². The summed E-state index contributed by atoms with van der Waals surface area (Å²) in [5, 5.41) is 16.7. The molecule has 0 radical (unpaired) electrons. The third-order valence-corrected chi connectivity index (χ3v) is 2.78. The van der Waals surface area contributed by atoms with Gasteiger partial charge < -0.3 is 5.11 Å². The molecule has 0 fully saturated rings. The van der Waals surface area contributed by atoms with Gasteiger partial charge in [-0.25, -0.2) is 9.48 Å². The molecule has 0 aliphatic rings. The summed E-state index contributed by atoms with van der Waals surface area (Å²) < 4.78 is 1.62. The van der Waals surface area contributed by atoms with E-state index in [9.17, 15) is 4.79 Å². The highest BCUT2D eigenvalue weighted by Gasteiger charge is 2.18. The Hall–Kier alpha value is -2.24. The molecular weight excluding hydrogens is 244 g/mol. The number of pyridine rings is 1. The van der Waals surface area contributed by atoms with Crippen molar-refractivity contribution in [2.24, 2.45) is 0 Å². The van der Waals surface area contributed by atoms with Crippen molar-refractivity contribution in [2.45, 2.75) is 33.2 Å². The van der Waals surface area contributed by atoms with E-state index >= 15 is 0 Å². The minimum Gasteiger partial charge on any atom is -0.476 e. The van der Waals surface area contributed by atoms with Crippen LogP contribution < -0.4 is 0 Å². The molecule has 2 heterocycles. The van der Waals surface area contributed by atoms with Crippen LogP contribution in [0.5, 0.6) is 0 Å². The quantitative estimate of drug-likeness (QED) is 0.884. The molecule has 2 rings (SSSR count). The second-order valence-corrected chi connectivity index (χ2v) is 4.37. The summed E-state index contributed by atoms with van der Waals surface area (Å²) in [5.74, 6) is -1.04. The summed E-state index contributed by atoms with van der Waals surface area (Å²) in [7, 11) is 0.